The minimum atomic E-state index is -0.616. The topological polar surface area (TPSA) is 65.3 Å². The lowest BCUT2D eigenvalue weighted by Gasteiger charge is -2.08. The Morgan fingerprint density at radius 1 is 1.40 bits per heavy atom. The van der Waals surface area contributed by atoms with Crippen molar-refractivity contribution in [3.63, 3.8) is 0 Å². The van der Waals surface area contributed by atoms with Crippen molar-refractivity contribution in [1.29, 1.82) is 0 Å². The van der Waals surface area contributed by atoms with Gasteiger partial charge in [-0.25, -0.2) is 4.39 Å². The van der Waals surface area contributed by atoms with Gasteiger partial charge in [-0.2, -0.15) is 0 Å². The van der Waals surface area contributed by atoms with Crippen molar-refractivity contribution >= 4 is 17.4 Å². The van der Waals surface area contributed by atoms with Crippen LogP contribution in [0.5, 0.6) is 5.75 Å². The highest BCUT2D eigenvalue weighted by molar-refractivity contribution is 6.31. The third-order valence-electron chi connectivity index (χ3n) is 2.55. The summed E-state index contributed by atoms with van der Waals surface area (Å²) >= 11 is 5.85. The van der Waals surface area contributed by atoms with Crippen LogP contribution in [0.15, 0.2) is 30.3 Å². The zero-order valence-electron chi connectivity index (χ0n) is 10.5. The first-order valence-electron chi connectivity index (χ1n) is 5.66. The van der Waals surface area contributed by atoms with Gasteiger partial charge in [0.1, 0.15) is 18.1 Å². The molecule has 5 nitrogen and oxygen atoms in total. The van der Waals surface area contributed by atoms with Crippen LogP contribution in [0.4, 0.5) is 10.2 Å². The van der Waals surface area contributed by atoms with Crippen molar-refractivity contribution < 1.29 is 14.1 Å². The van der Waals surface area contributed by atoms with E-state index in [1.165, 1.54) is 18.2 Å². The molecule has 0 unspecified atom stereocenters. The van der Waals surface area contributed by atoms with Crippen LogP contribution < -0.4 is 4.74 Å². The van der Waals surface area contributed by atoms with Gasteiger partial charge in [0.2, 0.25) is 5.75 Å². The molecule has 0 N–H and O–H groups in total. The molecular formula is C13H10ClFN2O3. The molecule has 0 saturated carbocycles. The average Bonchev–Trinajstić information content (AvgIpc) is 2.38. The lowest BCUT2D eigenvalue weighted by atomic mass is 10.2. The van der Waals surface area contributed by atoms with Crippen molar-refractivity contribution in [1.82, 2.24) is 4.98 Å². The number of pyridine rings is 1. The summed E-state index contributed by atoms with van der Waals surface area (Å²) in [5, 5.41) is 11.1. The predicted molar refractivity (Wildman–Crippen MR) is 71.4 cm³/mol. The Labute approximate surface area is 119 Å². The van der Waals surface area contributed by atoms with Gasteiger partial charge in [-0.1, -0.05) is 17.7 Å². The Bertz CT molecular complexity index is 664. The van der Waals surface area contributed by atoms with Crippen molar-refractivity contribution in [2.24, 2.45) is 0 Å². The number of benzene rings is 1. The highest BCUT2D eigenvalue weighted by Gasteiger charge is 2.18. The molecule has 0 aliphatic carbocycles. The van der Waals surface area contributed by atoms with Gasteiger partial charge in [-0.05, 0) is 34.2 Å². The normalized spacial score (nSPS) is 10.3. The molecule has 0 atom stereocenters. The number of aromatic nitrogens is 1. The summed E-state index contributed by atoms with van der Waals surface area (Å²) < 4.78 is 18.2. The SMILES string of the molecule is Cc1ccc(OCc2ccc(F)cc2Cl)c([N+](=O)[O-])n1. The van der Waals surface area contributed by atoms with Crippen molar-refractivity contribution in [2.75, 3.05) is 0 Å². The molecule has 0 aliphatic heterocycles. The minimum Gasteiger partial charge on any atom is -0.481 e. The molecule has 20 heavy (non-hydrogen) atoms. The maximum Gasteiger partial charge on any atom is 0.406 e. The standard InChI is InChI=1S/C13H10ClFN2O3/c1-8-2-5-12(13(16-8)17(18)19)20-7-9-3-4-10(15)6-11(9)14/h2-6H,7H2,1H3. The summed E-state index contributed by atoms with van der Waals surface area (Å²) in [6, 6.07) is 6.94. The fourth-order valence-electron chi connectivity index (χ4n) is 1.57. The number of halogens is 2. The van der Waals surface area contributed by atoms with E-state index in [-0.39, 0.29) is 23.2 Å². The second-order valence-electron chi connectivity index (χ2n) is 4.06. The average molecular weight is 297 g/mol. The lowest BCUT2D eigenvalue weighted by molar-refractivity contribution is -0.390. The zero-order chi connectivity index (χ0) is 14.7. The molecule has 104 valence electrons. The van der Waals surface area contributed by atoms with Gasteiger partial charge < -0.3 is 14.9 Å². The molecule has 1 aromatic heterocycles. The Hall–Kier alpha value is -2.21. The number of nitrogens with zero attached hydrogens (tertiary/aromatic N) is 2. The van der Waals surface area contributed by atoms with Crippen molar-refractivity contribution in [2.45, 2.75) is 13.5 Å². The molecule has 2 aromatic rings. The maximum absolute atomic E-state index is 12.9. The summed E-state index contributed by atoms with van der Waals surface area (Å²) in [5.74, 6) is -0.772. The van der Waals surface area contributed by atoms with Crippen LogP contribution in [0.1, 0.15) is 11.3 Å². The molecule has 7 heteroatoms. The summed E-state index contributed by atoms with van der Waals surface area (Å²) in [4.78, 5) is 14.1. The van der Waals surface area contributed by atoms with Crippen molar-refractivity contribution in [3.8, 4) is 5.75 Å². The molecule has 1 heterocycles. The minimum absolute atomic E-state index is 0.00923. The van der Waals surface area contributed by atoms with E-state index in [1.54, 1.807) is 13.0 Å². The lowest BCUT2D eigenvalue weighted by Crippen LogP contribution is -2.02. The van der Waals surface area contributed by atoms with E-state index < -0.39 is 10.7 Å². The number of aryl methyl sites for hydroxylation is 1. The second kappa shape index (κ2) is 5.83. The molecule has 0 spiro atoms. The first-order chi connectivity index (χ1) is 9.47. The zero-order valence-corrected chi connectivity index (χ0v) is 11.2. The predicted octanol–water partition coefficient (Wildman–Crippen LogP) is 3.67. The van der Waals surface area contributed by atoms with E-state index >= 15 is 0 Å². The van der Waals surface area contributed by atoms with E-state index in [1.807, 2.05) is 0 Å². The van der Waals surface area contributed by atoms with Crippen LogP contribution >= 0.6 is 11.6 Å². The molecule has 2 rings (SSSR count). The maximum atomic E-state index is 12.9. The number of rotatable bonds is 4. The summed E-state index contributed by atoms with van der Waals surface area (Å²) in [6.07, 6.45) is 0. The molecule has 1 aromatic carbocycles. The largest absolute Gasteiger partial charge is 0.481 e. The van der Waals surface area contributed by atoms with Crippen LogP contribution in [0, 0.1) is 22.9 Å². The smallest absolute Gasteiger partial charge is 0.406 e. The quantitative estimate of drug-likeness (QED) is 0.638. The third kappa shape index (κ3) is 3.21. The number of hydrogen-bond acceptors (Lipinski definition) is 4. The number of ether oxygens (including phenoxy) is 1. The third-order valence-corrected chi connectivity index (χ3v) is 2.90. The van der Waals surface area contributed by atoms with Gasteiger partial charge in [0.15, 0.2) is 0 Å². The van der Waals surface area contributed by atoms with Crippen LogP contribution in [0.2, 0.25) is 5.02 Å². The molecular weight excluding hydrogens is 287 g/mol. The molecule has 0 aliphatic rings. The molecule has 0 radical (unpaired) electrons. The molecule has 0 bridgehead atoms. The molecule has 0 saturated heterocycles. The van der Waals surface area contributed by atoms with Crippen molar-refractivity contribution in [3.05, 3.63) is 62.5 Å². The molecule has 0 fully saturated rings. The molecule has 0 amide bonds. The fourth-order valence-corrected chi connectivity index (χ4v) is 1.79. The highest BCUT2D eigenvalue weighted by atomic mass is 35.5. The van der Waals surface area contributed by atoms with Gasteiger partial charge in [0.25, 0.3) is 0 Å². The van der Waals surface area contributed by atoms with Gasteiger partial charge in [-0.15, -0.1) is 0 Å². The Morgan fingerprint density at radius 3 is 2.80 bits per heavy atom. The summed E-state index contributed by atoms with van der Waals surface area (Å²) in [7, 11) is 0. The van der Waals surface area contributed by atoms with Crippen LogP contribution in [-0.2, 0) is 6.61 Å². The number of nitro groups is 1. The monoisotopic (exact) mass is 296 g/mol. The summed E-state index contributed by atoms with van der Waals surface area (Å²) in [6.45, 7) is 1.64. The van der Waals surface area contributed by atoms with Gasteiger partial charge in [-0.3, -0.25) is 0 Å². The van der Waals surface area contributed by atoms with E-state index in [0.29, 0.717) is 11.3 Å². The highest BCUT2D eigenvalue weighted by Crippen LogP contribution is 2.26. The Morgan fingerprint density at radius 2 is 2.15 bits per heavy atom. The van der Waals surface area contributed by atoms with Crippen LogP contribution in [0.3, 0.4) is 0 Å². The first-order valence-corrected chi connectivity index (χ1v) is 6.04. The van der Waals surface area contributed by atoms with Gasteiger partial charge >= 0.3 is 5.82 Å². The van der Waals surface area contributed by atoms with E-state index in [2.05, 4.69) is 4.98 Å². The second-order valence-corrected chi connectivity index (χ2v) is 4.46. The van der Waals surface area contributed by atoms with Crippen LogP contribution in [0.25, 0.3) is 0 Å². The van der Waals surface area contributed by atoms with E-state index in [4.69, 9.17) is 16.3 Å². The Balaban J connectivity index is 2.20. The van der Waals surface area contributed by atoms with E-state index in [9.17, 15) is 14.5 Å². The first kappa shape index (κ1) is 14.2. The van der Waals surface area contributed by atoms with E-state index in [0.717, 1.165) is 6.07 Å². The summed E-state index contributed by atoms with van der Waals surface area (Å²) in [5.41, 5.74) is 1.05. The fraction of sp³-hybridized carbons (Fsp3) is 0.154. The number of hydrogen-bond donors (Lipinski definition) is 0. The van der Waals surface area contributed by atoms with Gasteiger partial charge in [0.05, 0.1) is 5.02 Å². The Kier molecular flexibility index (Phi) is 4.14. The van der Waals surface area contributed by atoms with Gasteiger partial charge in [0, 0.05) is 12.5 Å². The van der Waals surface area contributed by atoms with Crippen LogP contribution in [-0.4, -0.2) is 9.91 Å².